The highest BCUT2D eigenvalue weighted by Gasteiger charge is 2.33. The molecule has 1 atom stereocenters. The number of piperidine rings is 1. The first-order chi connectivity index (χ1) is 16.8. The van der Waals surface area contributed by atoms with Gasteiger partial charge in [0.25, 0.3) is 5.91 Å². The summed E-state index contributed by atoms with van der Waals surface area (Å²) in [6.07, 6.45) is 1.70. The maximum atomic E-state index is 13.1. The van der Waals surface area contributed by atoms with E-state index in [0.29, 0.717) is 23.7 Å². The second kappa shape index (κ2) is 12.2. The van der Waals surface area contributed by atoms with Crippen LogP contribution in [0.1, 0.15) is 23.2 Å². The van der Waals surface area contributed by atoms with E-state index in [9.17, 15) is 9.59 Å². The Bertz CT molecular complexity index is 1040. The zero-order chi connectivity index (χ0) is 25.4. The summed E-state index contributed by atoms with van der Waals surface area (Å²) in [7, 11) is 0. The van der Waals surface area contributed by atoms with E-state index in [1.165, 1.54) is 5.69 Å². The van der Waals surface area contributed by atoms with Gasteiger partial charge in [-0.1, -0.05) is 35.9 Å². The van der Waals surface area contributed by atoms with Crippen LogP contribution in [-0.4, -0.2) is 83.0 Å². The third kappa shape index (κ3) is 7.19. The number of para-hydroxylation sites is 1. The molecule has 9 nitrogen and oxygen atoms in total. The Morgan fingerprint density at radius 2 is 1.46 bits per heavy atom. The van der Waals surface area contributed by atoms with Gasteiger partial charge in [0.1, 0.15) is 0 Å². The van der Waals surface area contributed by atoms with Crippen molar-refractivity contribution < 1.29 is 29.4 Å². The number of hydrogen-bond acceptors (Lipinski definition) is 5. The van der Waals surface area contributed by atoms with Gasteiger partial charge in [0.05, 0.1) is 5.92 Å². The van der Waals surface area contributed by atoms with Crippen LogP contribution in [0.15, 0.2) is 54.6 Å². The smallest absolute Gasteiger partial charge is 0.414 e. The molecule has 2 aromatic rings. The second-order valence-electron chi connectivity index (χ2n) is 8.36. The fourth-order valence-corrected chi connectivity index (χ4v) is 4.44. The van der Waals surface area contributed by atoms with Crippen LogP contribution >= 0.6 is 11.6 Å². The highest BCUT2D eigenvalue weighted by atomic mass is 35.5. The van der Waals surface area contributed by atoms with Gasteiger partial charge in [-0.15, -0.1) is 0 Å². The van der Waals surface area contributed by atoms with Crippen LogP contribution in [0, 0.1) is 5.92 Å². The largest absolute Gasteiger partial charge is 0.473 e. The van der Waals surface area contributed by atoms with Crippen LogP contribution < -0.4 is 4.90 Å². The van der Waals surface area contributed by atoms with E-state index >= 15 is 0 Å². The van der Waals surface area contributed by atoms with E-state index in [1.54, 1.807) is 29.2 Å². The molecule has 2 fully saturated rings. The molecule has 10 heteroatoms. The number of carboxylic acid groups (broad SMARTS) is 2. The van der Waals surface area contributed by atoms with Crippen molar-refractivity contribution >= 4 is 41.0 Å². The molecule has 35 heavy (non-hydrogen) atoms. The van der Waals surface area contributed by atoms with E-state index in [-0.39, 0.29) is 17.7 Å². The number of anilines is 1. The van der Waals surface area contributed by atoms with Gasteiger partial charge < -0.3 is 24.9 Å². The summed E-state index contributed by atoms with van der Waals surface area (Å²) in [5.41, 5.74) is 1.79. The molecular weight excluding hydrogens is 474 g/mol. The predicted molar refractivity (Wildman–Crippen MR) is 131 cm³/mol. The topological polar surface area (TPSA) is 118 Å². The summed E-state index contributed by atoms with van der Waals surface area (Å²) < 4.78 is 0. The van der Waals surface area contributed by atoms with E-state index in [1.807, 2.05) is 23.1 Å². The standard InChI is InChI=1S/C23H26ClN3O2.C2H2O4/c24-20-8-4-6-18(16-20)22(28)27-11-5-7-19(17-27)23(29)26-14-12-25(13-15-26)21-9-2-1-3-10-21;3-1(4)2(5)6/h1-4,6,8-10,16,19H,5,7,11-15,17H2;(H,3,4)(H,5,6). The number of hydrogen-bond donors (Lipinski definition) is 2. The van der Waals surface area contributed by atoms with Crippen LogP contribution in [0.2, 0.25) is 5.02 Å². The molecule has 0 spiro atoms. The van der Waals surface area contributed by atoms with Crippen molar-refractivity contribution in [3.8, 4) is 0 Å². The van der Waals surface area contributed by atoms with Gasteiger partial charge in [0, 0.05) is 55.5 Å². The SMILES string of the molecule is O=C(O)C(=O)O.O=C(c1cccc(Cl)c1)N1CCCC(C(=O)N2CCN(c3ccccc3)CC2)C1. The van der Waals surface area contributed by atoms with Crippen molar-refractivity contribution in [2.45, 2.75) is 12.8 Å². The first kappa shape index (κ1) is 26.0. The Kier molecular flexibility index (Phi) is 9.08. The highest BCUT2D eigenvalue weighted by Crippen LogP contribution is 2.23. The fraction of sp³-hybridized carbons (Fsp3) is 0.360. The van der Waals surface area contributed by atoms with Gasteiger partial charge in [0.2, 0.25) is 5.91 Å². The second-order valence-corrected chi connectivity index (χ2v) is 8.80. The number of piperazine rings is 1. The number of nitrogens with zero attached hydrogens (tertiary/aromatic N) is 3. The summed E-state index contributed by atoms with van der Waals surface area (Å²) in [6, 6.07) is 17.3. The van der Waals surface area contributed by atoms with Crippen LogP contribution in [0.25, 0.3) is 0 Å². The maximum Gasteiger partial charge on any atom is 0.414 e. The van der Waals surface area contributed by atoms with Gasteiger partial charge in [0.15, 0.2) is 0 Å². The first-order valence-corrected chi connectivity index (χ1v) is 11.7. The van der Waals surface area contributed by atoms with Gasteiger partial charge in [-0.2, -0.15) is 0 Å². The molecule has 1 unspecified atom stereocenters. The van der Waals surface area contributed by atoms with E-state index in [4.69, 9.17) is 31.4 Å². The molecule has 2 amide bonds. The number of carbonyl (C=O) groups is 4. The molecule has 2 aliphatic heterocycles. The lowest BCUT2D eigenvalue weighted by molar-refractivity contribution is -0.159. The van der Waals surface area contributed by atoms with E-state index in [2.05, 4.69) is 17.0 Å². The number of benzene rings is 2. The molecule has 0 aromatic heterocycles. The first-order valence-electron chi connectivity index (χ1n) is 11.4. The van der Waals surface area contributed by atoms with E-state index < -0.39 is 11.9 Å². The number of amides is 2. The molecule has 0 radical (unpaired) electrons. The Labute approximate surface area is 208 Å². The van der Waals surface area contributed by atoms with Gasteiger partial charge in [-0.05, 0) is 43.2 Å². The minimum absolute atomic E-state index is 0.0427. The number of aliphatic carboxylic acids is 2. The molecule has 2 aromatic carbocycles. The molecule has 2 saturated heterocycles. The van der Waals surface area contributed by atoms with Crippen molar-refractivity contribution in [1.82, 2.24) is 9.80 Å². The Morgan fingerprint density at radius 1 is 0.800 bits per heavy atom. The average molecular weight is 502 g/mol. The van der Waals surface area contributed by atoms with Crippen molar-refractivity contribution in [2.75, 3.05) is 44.2 Å². The number of carbonyl (C=O) groups excluding carboxylic acids is 2. The Hall–Kier alpha value is -3.59. The predicted octanol–water partition coefficient (Wildman–Crippen LogP) is 2.70. The van der Waals surface area contributed by atoms with Gasteiger partial charge in [-0.3, -0.25) is 9.59 Å². The number of halogens is 1. The lowest BCUT2D eigenvalue weighted by Gasteiger charge is -2.39. The zero-order valence-corrected chi connectivity index (χ0v) is 19.9. The van der Waals surface area contributed by atoms with Crippen LogP contribution in [-0.2, 0) is 14.4 Å². The summed E-state index contributed by atoms with van der Waals surface area (Å²) in [6.45, 7) is 4.32. The lowest BCUT2D eigenvalue weighted by Crippen LogP contribution is -2.53. The molecule has 0 bridgehead atoms. The molecule has 2 N–H and O–H groups in total. The molecule has 2 aliphatic rings. The normalized spacial score (nSPS) is 17.7. The monoisotopic (exact) mass is 501 g/mol. The lowest BCUT2D eigenvalue weighted by atomic mass is 9.95. The third-order valence-electron chi connectivity index (χ3n) is 6.03. The van der Waals surface area contributed by atoms with Crippen molar-refractivity contribution in [1.29, 1.82) is 0 Å². The Balaban J connectivity index is 0.000000509. The number of carboxylic acids is 2. The van der Waals surface area contributed by atoms with E-state index in [0.717, 1.165) is 39.0 Å². The summed E-state index contributed by atoms with van der Waals surface area (Å²) >= 11 is 6.03. The number of likely N-dealkylation sites (tertiary alicyclic amines) is 1. The quantitative estimate of drug-likeness (QED) is 0.621. The Morgan fingerprint density at radius 3 is 2.06 bits per heavy atom. The average Bonchev–Trinajstić information content (AvgIpc) is 2.89. The minimum atomic E-state index is -1.82. The van der Waals surface area contributed by atoms with Crippen molar-refractivity contribution in [3.05, 3.63) is 65.2 Å². The zero-order valence-electron chi connectivity index (χ0n) is 19.2. The summed E-state index contributed by atoms with van der Waals surface area (Å²) in [4.78, 5) is 50.2. The molecule has 0 aliphatic carbocycles. The van der Waals surface area contributed by atoms with Crippen molar-refractivity contribution in [3.63, 3.8) is 0 Å². The summed E-state index contributed by atoms with van der Waals surface area (Å²) in [5, 5.41) is 15.3. The molecule has 186 valence electrons. The van der Waals surface area contributed by atoms with Crippen LogP contribution in [0.4, 0.5) is 5.69 Å². The van der Waals surface area contributed by atoms with Gasteiger partial charge in [-0.25, -0.2) is 9.59 Å². The molecular formula is C25H28ClN3O6. The minimum Gasteiger partial charge on any atom is -0.473 e. The fourth-order valence-electron chi connectivity index (χ4n) is 4.25. The van der Waals surface area contributed by atoms with Crippen LogP contribution in [0.5, 0.6) is 0 Å². The van der Waals surface area contributed by atoms with Gasteiger partial charge >= 0.3 is 11.9 Å². The van der Waals surface area contributed by atoms with Crippen LogP contribution in [0.3, 0.4) is 0 Å². The van der Waals surface area contributed by atoms with Crippen molar-refractivity contribution in [2.24, 2.45) is 5.92 Å². The molecule has 4 rings (SSSR count). The highest BCUT2D eigenvalue weighted by molar-refractivity contribution is 6.31. The summed E-state index contributed by atoms with van der Waals surface area (Å²) in [5.74, 6) is -3.62. The third-order valence-corrected chi connectivity index (χ3v) is 6.26. The molecule has 2 heterocycles. The molecule has 0 saturated carbocycles. The number of rotatable bonds is 3. The maximum absolute atomic E-state index is 13.1.